The summed E-state index contributed by atoms with van der Waals surface area (Å²) in [5, 5.41) is 78.6. The Balaban J connectivity index is 2.16. The molecule has 0 unspecified atom stereocenters. The summed E-state index contributed by atoms with van der Waals surface area (Å²) < 4.78 is 0. The Hall–Kier alpha value is -7.84. The van der Waals surface area contributed by atoms with Crippen LogP contribution in [0.1, 0.15) is 83.3 Å². The molecule has 0 spiro atoms. The maximum atomic E-state index is 14.8. The van der Waals surface area contributed by atoms with Crippen molar-refractivity contribution < 1.29 is 79.2 Å². The minimum Gasteiger partial charge on any atom is -0.481 e. The van der Waals surface area contributed by atoms with Crippen LogP contribution in [-0.4, -0.2) is 109 Å². The zero-order valence-electron chi connectivity index (χ0n) is 31.9. The highest BCUT2D eigenvalue weighted by atomic mass is 16.4. The van der Waals surface area contributed by atoms with Gasteiger partial charge in [0.25, 0.3) is 0 Å². The number of aromatic amines is 3. The fraction of sp³-hybridized carbons (Fsp3) is 0.300. The van der Waals surface area contributed by atoms with Gasteiger partial charge in [0, 0.05) is 53.3 Å². The van der Waals surface area contributed by atoms with Gasteiger partial charge in [0.1, 0.15) is 5.69 Å². The van der Waals surface area contributed by atoms with Gasteiger partial charge in [-0.1, -0.05) is 0 Å². The van der Waals surface area contributed by atoms with Crippen molar-refractivity contribution in [1.82, 2.24) is 19.9 Å². The van der Waals surface area contributed by atoms with E-state index < -0.39 is 122 Å². The van der Waals surface area contributed by atoms with E-state index in [1.807, 2.05) is 0 Å². The lowest BCUT2D eigenvalue weighted by molar-refractivity contribution is -0.138. The molecule has 0 radical (unpaired) electrons. The first kappa shape index (κ1) is 44.3. The van der Waals surface area contributed by atoms with E-state index in [2.05, 4.69) is 19.9 Å². The molecule has 1 aliphatic heterocycles. The first-order valence-corrected chi connectivity index (χ1v) is 18.5. The van der Waals surface area contributed by atoms with Crippen molar-refractivity contribution in [2.24, 2.45) is 0 Å². The molecular formula is C40H38N4O17. The summed E-state index contributed by atoms with van der Waals surface area (Å²) in [5.74, 6) is -10.8. The molecule has 0 amide bonds. The quantitative estimate of drug-likeness (QED) is 0.0608. The lowest BCUT2D eigenvalue weighted by atomic mass is 9.96. The Morgan fingerprint density at radius 1 is 0.410 bits per heavy atom. The minimum absolute atomic E-state index is 0.00236. The van der Waals surface area contributed by atoms with Gasteiger partial charge in [0.05, 0.1) is 36.9 Å². The average Bonchev–Trinajstić information content (AvgIpc) is 3.84. The molecule has 5 rings (SSSR count). The van der Waals surface area contributed by atoms with Crippen LogP contribution in [0.3, 0.4) is 0 Å². The van der Waals surface area contributed by atoms with E-state index in [1.165, 1.54) is 18.2 Å². The van der Waals surface area contributed by atoms with Crippen LogP contribution in [0.25, 0.3) is 44.2 Å². The van der Waals surface area contributed by atoms with Crippen LogP contribution in [0.15, 0.2) is 23.0 Å². The second kappa shape index (κ2) is 18.4. The Bertz CT molecular complexity index is 2770. The number of carboxylic acid groups (broad SMARTS) is 8. The maximum absolute atomic E-state index is 14.8. The normalized spacial score (nSPS) is 11.8. The van der Waals surface area contributed by atoms with Gasteiger partial charge in [-0.2, -0.15) is 0 Å². The standard InChI is InChI=1S/C40H38N4O17/c45-30(46)5-1-16-21(10-35(55)56)28-15-26-18(3-7-32(49)50)23(12-37(59)60)39(43-26)40(61)38-19(4-8-33(51)52)22(11-36(57)58)29(44-38)14-25-17(2-6-31(47)48)20(9-34(53)54)27(42-25)13-24(16)41-28/h13-15,41-43H,1-12H2,(H,45,46)(H,47,48)(H,49,50)(H,51,52)(H,53,54)(H,55,56)(H,57,58)(H,59,60). The minimum atomic E-state index is -1.46. The van der Waals surface area contributed by atoms with Gasteiger partial charge in [-0.15, -0.1) is 0 Å². The molecule has 11 N–H and O–H groups in total. The van der Waals surface area contributed by atoms with Gasteiger partial charge in [-0.3, -0.25) is 43.2 Å². The second-order valence-corrected chi connectivity index (χ2v) is 14.1. The van der Waals surface area contributed by atoms with Crippen molar-refractivity contribution in [2.75, 3.05) is 0 Å². The van der Waals surface area contributed by atoms with E-state index in [1.54, 1.807) is 0 Å². The van der Waals surface area contributed by atoms with Crippen LogP contribution >= 0.6 is 0 Å². The predicted molar refractivity (Wildman–Crippen MR) is 210 cm³/mol. The van der Waals surface area contributed by atoms with E-state index >= 15 is 0 Å². The van der Waals surface area contributed by atoms with Crippen molar-refractivity contribution in [3.8, 4) is 0 Å². The number of nitrogens with zero attached hydrogens (tertiary/aromatic N) is 1. The zero-order valence-corrected chi connectivity index (χ0v) is 31.9. The van der Waals surface area contributed by atoms with Crippen molar-refractivity contribution in [2.45, 2.75) is 77.0 Å². The average molecular weight is 847 g/mol. The van der Waals surface area contributed by atoms with Gasteiger partial charge in [-0.25, -0.2) is 4.98 Å². The third kappa shape index (κ3) is 10.4. The number of aryl methyl sites for hydroxylation is 3. The lowest BCUT2D eigenvalue weighted by Gasteiger charge is -2.05. The first-order valence-electron chi connectivity index (χ1n) is 18.5. The first-order chi connectivity index (χ1) is 28.7. The summed E-state index contributed by atoms with van der Waals surface area (Å²) in [7, 11) is 0. The van der Waals surface area contributed by atoms with Crippen LogP contribution < -0.4 is 5.43 Å². The fourth-order valence-electron chi connectivity index (χ4n) is 7.51. The Labute approximate surface area is 341 Å². The molecule has 21 nitrogen and oxygen atoms in total. The Morgan fingerprint density at radius 2 is 0.770 bits per heavy atom. The number of aliphatic carboxylic acids is 8. The summed E-state index contributed by atoms with van der Waals surface area (Å²) >= 11 is 0. The predicted octanol–water partition coefficient (Wildman–Crippen LogP) is 3.07. The SMILES string of the molecule is O=C(O)CCC1=C(CC(=O)O)c2cc3[nH]c(cc4[nH]c(cc5[nH]c(c(CC(=O)O)c5CCC(=O)O)c(=O)c1n2)c(CC(=O)O)c4CCC(=O)O)c(CC(=O)O)c3CCC(=O)O. The summed E-state index contributed by atoms with van der Waals surface area (Å²) in [5.41, 5.74) is -2.38. The molecule has 0 atom stereocenters. The van der Waals surface area contributed by atoms with E-state index in [-0.39, 0.29) is 97.1 Å². The number of nitrogens with one attached hydrogen (secondary N) is 3. The van der Waals surface area contributed by atoms with Crippen LogP contribution in [0.4, 0.5) is 0 Å². The van der Waals surface area contributed by atoms with Gasteiger partial charge in [0.15, 0.2) is 0 Å². The van der Waals surface area contributed by atoms with Crippen LogP contribution in [-0.2, 0) is 76.9 Å². The molecule has 0 aromatic carbocycles. The van der Waals surface area contributed by atoms with Gasteiger partial charge in [-0.05, 0) is 88.4 Å². The molecule has 0 saturated carbocycles. The summed E-state index contributed by atoms with van der Waals surface area (Å²) in [6.45, 7) is 0. The van der Waals surface area contributed by atoms with Crippen molar-refractivity contribution in [3.63, 3.8) is 0 Å². The zero-order chi connectivity index (χ0) is 44.9. The third-order valence-corrected chi connectivity index (χ3v) is 9.98. The smallest absolute Gasteiger partial charge is 0.307 e. The van der Waals surface area contributed by atoms with Crippen LogP contribution in [0.5, 0.6) is 0 Å². The largest absolute Gasteiger partial charge is 0.481 e. The molecule has 61 heavy (non-hydrogen) atoms. The number of carboxylic acids is 8. The molecule has 1 aliphatic rings. The van der Waals surface area contributed by atoms with Crippen molar-refractivity contribution >= 4 is 92.0 Å². The molecule has 4 aromatic rings. The van der Waals surface area contributed by atoms with Crippen molar-refractivity contribution in [3.05, 3.63) is 73.2 Å². The maximum Gasteiger partial charge on any atom is 0.307 e. The van der Waals surface area contributed by atoms with E-state index in [9.17, 15) is 84.0 Å². The van der Waals surface area contributed by atoms with Crippen molar-refractivity contribution in [1.29, 1.82) is 0 Å². The Kier molecular flexibility index (Phi) is 13.3. The number of allylic oxidation sites excluding steroid dienone is 1. The molecule has 4 aromatic heterocycles. The molecule has 320 valence electrons. The second-order valence-electron chi connectivity index (χ2n) is 14.1. The number of hydrogen-bond acceptors (Lipinski definition) is 10. The molecular weight excluding hydrogens is 808 g/mol. The fourth-order valence-corrected chi connectivity index (χ4v) is 7.51. The Morgan fingerprint density at radius 3 is 1.20 bits per heavy atom. The lowest BCUT2D eigenvalue weighted by Crippen LogP contribution is -2.12. The van der Waals surface area contributed by atoms with Crippen LogP contribution in [0.2, 0.25) is 0 Å². The molecule has 5 heterocycles. The number of rotatable bonds is 20. The molecule has 0 aliphatic carbocycles. The molecule has 0 saturated heterocycles. The van der Waals surface area contributed by atoms with Gasteiger partial charge < -0.3 is 55.8 Å². The highest BCUT2D eigenvalue weighted by Crippen LogP contribution is 2.36. The summed E-state index contributed by atoms with van der Waals surface area (Å²) in [6, 6.07) is 3.87. The highest BCUT2D eigenvalue weighted by molar-refractivity contribution is 6.00. The molecule has 8 bridgehead atoms. The molecule has 21 heteroatoms. The van der Waals surface area contributed by atoms with E-state index in [0.29, 0.717) is 0 Å². The number of H-pyrrole nitrogens is 3. The number of carbonyl (C=O) groups is 8. The molecule has 0 fully saturated rings. The highest BCUT2D eigenvalue weighted by Gasteiger charge is 2.28. The summed E-state index contributed by atoms with van der Waals surface area (Å²) in [6.07, 6.45) is -6.82. The van der Waals surface area contributed by atoms with E-state index in [4.69, 9.17) is 0 Å². The van der Waals surface area contributed by atoms with Gasteiger partial charge in [0.2, 0.25) is 5.43 Å². The number of aromatic nitrogens is 4. The van der Waals surface area contributed by atoms with Crippen LogP contribution in [0, 0.1) is 0 Å². The summed E-state index contributed by atoms with van der Waals surface area (Å²) in [4.78, 5) is 125. The van der Waals surface area contributed by atoms with E-state index in [0.717, 1.165) is 0 Å². The number of hydrogen-bond donors (Lipinski definition) is 11. The third-order valence-electron chi connectivity index (χ3n) is 9.98. The van der Waals surface area contributed by atoms with Gasteiger partial charge >= 0.3 is 47.8 Å². The monoisotopic (exact) mass is 846 g/mol. The number of fused-ring (bicyclic) bond motifs is 8. The topological polar surface area (TPSA) is 376 Å².